The first-order chi connectivity index (χ1) is 13.5. The van der Waals surface area contributed by atoms with Crippen molar-refractivity contribution >= 4 is 11.9 Å². The minimum absolute atomic E-state index is 0.135. The lowest BCUT2D eigenvalue weighted by atomic mass is 10.3. The normalized spacial score (nSPS) is 15.1. The van der Waals surface area contributed by atoms with Crippen molar-refractivity contribution in [2.75, 3.05) is 32.7 Å². The summed E-state index contributed by atoms with van der Waals surface area (Å²) >= 11 is 0. The number of carbonyl (C=O) groups is 1. The highest BCUT2D eigenvalue weighted by Crippen LogP contribution is 2.11. The van der Waals surface area contributed by atoms with Gasteiger partial charge in [0.1, 0.15) is 0 Å². The van der Waals surface area contributed by atoms with Crippen LogP contribution >= 0.6 is 0 Å². The Labute approximate surface area is 166 Å². The molecular formula is C20H29N7O. The Bertz CT molecular complexity index is 833. The summed E-state index contributed by atoms with van der Waals surface area (Å²) in [7, 11) is 0. The van der Waals surface area contributed by atoms with Gasteiger partial charge in [0.2, 0.25) is 5.91 Å². The number of guanidine groups is 1. The van der Waals surface area contributed by atoms with E-state index in [1.807, 2.05) is 47.8 Å². The van der Waals surface area contributed by atoms with E-state index in [-0.39, 0.29) is 5.91 Å². The van der Waals surface area contributed by atoms with Gasteiger partial charge in [0.15, 0.2) is 11.8 Å². The van der Waals surface area contributed by atoms with E-state index in [1.165, 1.54) is 0 Å². The number of aryl methyl sites for hydroxylation is 2. The fourth-order valence-electron chi connectivity index (χ4n) is 3.32. The minimum atomic E-state index is 0.135. The zero-order valence-electron chi connectivity index (χ0n) is 17.1. The number of piperazine rings is 1. The molecule has 1 N–H and O–H groups in total. The molecule has 2 aromatic heterocycles. The van der Waals surface area contributed by atoms with Crippen LogP contribution in [-0.2, 0) is 11.3 Å². The maximum Gasteiger partial charge on any atom is 0.219 e. The number of rotatable bonds is 4. The SMILES string of the molecule is CCNC(=NCc1ccc(-n2nc(C)cc2C)nc1)N1CCN(C(C)=O)CC1. The van der Waals surface area contributed by atoms with Crippen LogP contribution < -0.4 is 5.32 Å². The highest BCUT2D eigenvalue weighted by molar-refractivity contribution is 5.80. The van der Waals surface area contributed by atoms with E-state index in [0.717, 1.165) is 61.5 Å². The smallest absolute Gasteiger partial charge is 0.219 e. The molecule has 8 nitrogen and oxygen atoms in total. The second-order valence-corrected chi connectivity index (χ2v) is 7.03. The Balaban J connectivity index is 1.66. The van der Waals surface area contributed by atoms with Gasteiger partial charge >= 0.3 is 0 Å². The highest BCUT2D eigenvalue weighted by atomic mass is 16.2. The van der Waals surface area contributed by atoms with Gasteiger partial charge in [-0.2, -0.15) is 5.10 Å². The lowest BCUT2D eigenvalue weighted by molar-refractivity contribution is -0.130. The van der Waals surface area contributed by atoms with Gasteiger partial charge < -0.3 is 15.1 Å². The Morgan fingerprint density at radius 1 is 1.18 bits per heavy atom. The van der Waals surface area contributed by atoms with Gasteiger partial charge in [-0.05, 0) is 38.5 Å². The monoisotopic (exact) mass is 383 g/mol. The topological polar surface area (TPSA) is 78.7 Å². The van der Waals surface area contributed by atoms with Crippen molar-refractivity contribution in [3.63, 3.8) is 0 Å². The fourth-order valence-corrected chi connectivity index (χ4v) is 3.32. The Morgan fingerprint density at radius 2 is 1.89 bits per heavy atom. The van der Waals surface area contributed by atoms with Crippen LogP contribution in [-0.4, -0.2) is 69.2 Å². The molecule has 1 aliphatic heterocycles. The number of aromatic nitrogens is 3. The molecule has 28 heavy (non-hydrogen) atoms. The molecule has 1 fully saturated rings. The van der Waals surface area contributed by atoms with Crippen LogP contribution in [0, 0.1) is 13.8 Å². The maximum absolute atomic E-state index is 11.5. The number of amides is 1. The first kappa shape index (κ1) is 19.9. The molecule has 0 radical (unpaired) electrons. The number of aliphatic imine (C=N–C) groups is 1. The second kappa shape index (κ2) is 8.86. The van der Waals surface area contributed by atoms with Crippen LogP contribution in [0.25, 0.3) is 5.82 Å². The third-order valence-electron chi connectivity index (χ3n) is 4.81. The van der Waals surface area contributed by atoms with E-state index in [4.69, 9.17) is 4.99 Å². The number of hydrogen-bond donors (Lipinski definition) is 1. The highest BCUT2D eigenvalue weighted by Gasteiger charge is 2.20. The predicted octanol–water partition coefficient (Wildman–Crippen LogP) is 1.51. The van der Waals surface area contributed by atoms with E-state index in [2.05, 4.69) is 27.2 Å². The molecule has 3 heterocycles. The summed E-state index contributed by atoms with van der Waals surface area (Å²) in [6.07, 6.45) is 1.85. The molecule has 0 unspecified atom stereocenters. The number of nitrogens with one attached hydrogen (secondary N) is 1. The van der Waals surface area contributed by atoms with Gasteiger partial charge in [-0.25, -0.2) is 14.7 Å². The Hall–Kier alpha value is -2.90. The van der Waals surface area contributed by atoms with E-state index < -0.39 is 0 Å². The summed E-state index contributed by atoms with van der Waals surface area (Å²) in [5, 5.41) is 7.82. The molecule has 0 saturated carbocycles. The fraction of sp³-hybridized carbons (Fsp3) is 0.500. The molecule has 1 saturated heterocycles. The third-order valence-corrected chi connectivity index (χ3v) is 4.81. The summed E-state index contributed by atoms with van der Waals surface area (Å²) in [5.74, 6) is 1.83. The largest absolute Gasteiger partial charge is 0.357 e. The predicted molar refractivity (Wildman–Crippen MR) is 109 cm³/mol. The minimum Gasteiger partial charge on any atom is -0.357 e. The average Bonchev–Trinajstić information content (AvgIpc) is 3.03. The molecular weight excluding hydrogens is 354 g/mol. The number of hydrogen-bond acceptors (Lipinski definition) is 4. The summed E-state index contributed by atoms with van der Waals surface area (Å²) < 4.78 is 1.85. The number of carbonyl (C=O) groups excluding carboxylic acids is 1. The molecule has 0 aromatic carbocycles. The van der Waals surface area contributed by atoms with E-state index >= 15 is 0 Å². The van der Waals surface area contributed by atoms with Crippen molar-refractivity contribution in [2.24, 2.45) is 4.99 Å². The quantitative estimate of drug-likeness (QED) is 0.640. The van der Waals surface area contributed by atoms with Crippen molar-refractivity contribution in [3.05, 3.63) is 41.3 Å². The average molecular weight is 384 g/mol. The van der Waals surface area contributed by atoms with Crippen LogP contribution in [0.2, 0.25) is 0 Å². The summed E-state index contributed by atoms with van der Waals surface area (Å²) in [6, 6.07) is 6.05. The van der Waals surface area contributed by atoms with Gasteiger partial charge in [-0.3, -0.25) is 4.79 Å². The van der Waals surface area contributed by atoms with Gasteiger partial charge in [0.05, 0.1) is 12.2 Å². The van der Waals surface area contributed by atoms with Crippen molar-refractivity contribution in [2.45, 2.75) is 34.2 Å². The van der Waals surface area contributed by atoms with Crippen molar-refractivity contribution in [1.82, 2.24) is 29.9 Å². The molecule has 1 amide bonds. The molecule has 0 bridgehead atoms. The van der Waals surface area contributed by atoms with Crippen molar-refractivity contribution < 1.29 is 4.79 Å². The van der Waals surface area contributed by atoms with E-state index in [1.54, 1.807) is 6.92 Å². The van der Waals surface area contributed by atoms with Crippen molar-refractivity contribution in [3.8, 4) is 5.82 Å². The molecule has 150 valence electrons. The van der Waals surface area contributed by atoms with E-state index in [0.29, 0.717) is 6.54 Å². The van der Waals surface area contributed by atoms with Crippen LogP contribution in [0.4, 0.5) is 0 Å². The van der Waals surface area contributed by atoms with Crippen LogP contribution in [0.1, 0.15) is 30.8 Å². The molecule has 2 aromatic rings. The van der Waals surface area contributed by atoms with Gasteiger partial charge in [-0.15, -0.1) is 0 Å². The van der Waals surface area contributed by atoms with Gasteiger partial charge in [0.25, 0.3) is 0 Å². The standard InChI is InChI=1S/C20H29N7O/c1-5-21-20(26-10-8-25(9-11-26)17(4)28)23-14-18-6-7-19(22-13-18)27-16(3)12-15(2)24-27/h6-7,12-13H,5,8-11,14H2,1-4H3,(H,21,23). The molecule has 0 aliphatic carbocycles. The second-order valence-electron chi connectivity index (χ2n) is 7.03. The molecule has 3 rings (SSSR count). The molecule has 1 aliphatic rings. The van der Waals surface area contributed by atoms with Crippen molar-refractivity contribution in [1.29, 1.82) is 0 Å². The summed E-state index contributed by atoms with van der Waals surface area (Å²) in [5.41, 5.74) is 3.09. The third kappa shape index (κ3) is 4.68. The van der Waals surface area contributed by atoms with Crippen LogP contribution in [0.3, 0.4) is 0 Å². The molecule has 0 atom stereocenters. The number of pyridine rings is 1. The molecule has 0 spiro atoms. The van der Waals surface area contributed by atoms with E-state index in [9.17, 15) is 4.79 Å². The lowest BCUT2D eigenvalue weighted by Gasteiger charge is -2.36. The first-order valence-electron chi connectivity index (χ1n) is 9.75. The summed E-state index contributed by atoms with van der Waals surface area (Å²) in [4.78, 5) is 24.9. The van der Waals surface area contributed by atoms with Crippen LogP contribution in [0.5, 0.6) is 0 Å². The zero-order chi connectivity index (χ0) is 20.1. The first-order valence-corrected chi connectivity index (χ1v) is 9.75. The van der Waals surface area contributed by atoms with Gasteiger partial charge in [0, 0.05) is 51.5 Å². The van der Waals surface area contributed by atoms with Gasteiger partial charge in [-0.1, -0.05) is 6.07 Å². The number of nitrogens with zero attached hydrogens (tertiary/aromatic N) is 6. The van der Waals surface area contributed by atoms with Crippen LogP contribution in [0.15, 0.2) is 29.4 Å². The Morgan fingerprint density at radius 3 is 2.43 bits per heavy atom. The Kier molecular flexibility index (Phi) is 6.28. The molecule has 8 heteroatoms. The zero-order valence-corrected chi connectivity index (χ0v) is 17.1. The lowest BCUT2D eigenvalue weighted by Crippen LogP contribution is -2.53. The maximum atomic E-state index is 11.5. The summed E-state index contributed by atoms with van der Waals surface area (Å²) in [6.45, 7) is 12.1.